The Bertz CT molecular complexity index is 2050. The minimum atomic E-state index is 0.102. The maximum absolute atomic E-state index is 7.12. The summed E-state index contributed by atoms with van der Waals surface area (Å²) >= 11 is 0. The van der Waals surface area contributed by atoms with Crippen LogP contribution in [-0.2, 0) is 19.9 Å². The number of benzene rings is 5. The molecular formula is C39H40NO+. The lowest BCUT2D eigenvalue weighted by molar-refractivity contribution is -0.659. The largest absolute Gasteiger partial charge is 0.455 e. The third-order valence-corrected chi connectivity index (χ3v) is 8.66. The van der Waals surface area contributed by atoms with Crippen LogP contribution in [0.2, 0.25) is 0 Å². The molecule has 0 spiro atoms. The quantitative estimate of drug-likeness (QED) is 0.158. The Kier molecular flexibility index (Phi) is 5.58. The molecule has 1 aliphatic rings. The van der Waals surface area contributed by atoms with Crippen molar-refractivity contribution in [1.82, 2.24) is 0 Å². The van der Waals surface area contributed by atoms with E-state index >= 15 is 0 Å². The van der Waals surface area contributed by atoms with Crippen LogP contribution >= 0.6 is 0 Å². The van der Waals surface area contributed by atoms with E-state index in [1.165, 1.54) is 71.0 Å². The van der Waals surface area contributed by atoms with Crippen molar-refractivity contribution in [2.75, 3.05) is 0 Å². The summed E-state index contributed by atoms with van der Waals surface area (Å²) in [5.74, 6) is 2.00. The van der Waals surface area contributed by atoms with Gasteiger partial charge in [0.15, 0.2) is 6.20 Å². The third kappa shape index (κ3) is 4.19. The van der Waals surface area contributed by atoms with Gasteiger partial charge >= 0.3 is 0 Å². The summed E-state index contributed by atoms with van der Waals surface area (Å²) in [6.07, 6.45) is 4.21. The zero-order valence-corrected chi connectivity index (χ0v) is 25.7. The van der Waals surface area contributed by atoms with Gasteiger partial charge in [-0.25, -0.2) is 4.57 Å². The zero-order valence-electron chi connectivity index (χ0n) is 25.7. The van der Waals surface area contributed by atoms with Gasteiger partial charge < -0.3 is 4.74 Å². The molecule has 2 heteroatoms. The van der Waals surface area contributed by atoms with E-state index in [9.17, 15) is 0 Å². The highest BCUT2D eigenvalue weighted by atomic mass is 16.5. The Balaban J connectivity index is 1.61. The second-order valence-electron chi connectivity index (χ2n) is 14.6. The first-order chi connectivity index (χ1) is 19.4. The van der Waals surface area contributed by atoms with E-state index in [1.54, 1.807) is 0 Å². The first-order valence-electron chi connectivity index (χ1n) is 14.9. The van der Waals surface area contributed by atoms with E-state index in [1.807, 2.05) is 0 Å². The van der Waals surface area contributed by atoms with Gasteiger partial charge in [-0.2, -0.15) is 0 Å². The van der Waals surface area contributed by atoms with Crippen molar-refractivity contribution in [3.05, 3.63) is 89.6 Å². The molecule has 1 aliphatic heterocycles. The van der Waals surface area contributed by atoms with Crippen LogP contribution in [0.5, 0.6) is 11.5 Å². The van der Waals surface area contributed by atoms with Gasteiger partial charge in [-0.05, 0) is 80.1 Å². The van der Waals surface area contributed by atoms with Crippen molar-refractivity contribution >= 4 is 43.1 Å². The minimum Gasteiger partial charge on any atom is -0.455 e. The third-order valence-electron chi connectivity index (χ3n) is 8.66. The molecule has 0 atom stereocenters. The van der Waals surface area contributed by atoms with Crippen LogP contribution in [0.25, 0.3) is 54.3 Å². The Morgan fingerprint density at radius 3 is 2.17 bits per heavy atom. The molecule has 0 bridgehead atoms. The molecule has 0 unspecified atom stereocenters. The van der Waals surface area contributed by atoms with Gasteiger partial charge in [0.05, 0.1) is 10.9 Å². The fourth-order valence-electron chi connectivity index (χ4n) is 7.13. The molecule has 6 aromatic rings. The molecule has 5 aromatic carbocycles. The lowest BCUT2D eigenvalue weighted by Crippen LogP contribution is -2.32. The molecule has 0 amide bonds. The molecule has 2 heterocycles. The predicted octanol–water partition coefficient (Wildman–Crippen LogP) is 10.4. The first-order valence-corrected chi connectivity index (χ1v) is 14.9. The number of aryl methyl sites for hydroxylation is 2. The Morgan fingerprint density at radius 2 is 1.41 bits per heavy atom. The van der Waals surface area contributed by atoms with Crippen LogP contribution in [-0.4, -0.2) is 0 Å². The Labute approximate surface area is 243 Å². The molecule has 0 fully saturated rings. The van der Waals surface area contributed by atoms with E-state index < -0.39 is 0 Å². The average molecular weight is 539 g/mol. The van der Waals surface area contributed by atoms with Gasteiger partial charge in [0, 0.05) is 17.0 Å². The minimum absolute atomic E-state index is 0.102. The second-order valence-corrected chi connectivity index (χ2v) is 14.6. The van der Waals surface area contributed by atoms with Crippen LogP contribution < -0.4 is 9.30 Å². The van der Waals surface area contributed by atoms with Gasteiger partial charge in [-0.15, -0.1) is 0 Å². The van der Waals surface area contributed by atoms with Gasteiger partial charge in [-0.3, -0.25) is 0 Å². The van der Waals surface area contributed by atoms with E-state index in [4.69, 9.17) is 4.74 Å². The highest BCUT2D eigenvalue weighted by molar-refractivity contribution is 6.18. The summed E-state index contributed by atoms with van der Waals surface area (Å²) in [5, 5.41) is 10.2. The summed E-state index contributed by atoms with van der Waals surface area (Å²) in [6, 6.07) is 25.0. The van der Waals surface area contributed by atoms with Gasteiger partial charge in [0.1, 0.15) is 18.5 Å². The number of fused-ring (bicyclic) bond motifs is 7. The summed E-state index contributed by atoms with van der Waals surface area (Å²) in [7, 11) is 2.18. The number of rotatable bonds is 2. The normalized spacial score (nSPS) is 13.3. The Morgan fingerprint density at radius 1 is 0.683 bits per heavy atom. The number of hydrogen-bond donors (Lipinski definition) is 0. The SMILES string of the molecule is Cc1c2c(c(CC(C)(C)C)c3ccc4ccccc4c13)Oc1cc3cc(CC(C)(C)C)ccc3c3cc[n+](C)c-2c13. The fraction of sp³-hybridized carbons (Fsp3) is 0.308. The van der Waals surface area contributed by atoms with Crippen LogP contribution in [0.3, 0.4) is 0 Å². The molecule has 0 saturated heterocycles. The van der Waals surface area contributed by atoms with Crippen molar-refractivity contribution in [3.63, 3.8) is 0 Å². The van der Waals surface area contributed by atoms with E-state index in [2.05, 4.69) is 133 Å². The highest BCUT2D eigenvalue weighted by Crippen LogP contribution is 2.53. The van der Waals surface area contributed by atoms with E-state index in [0.29, 0.717) is 0 Å². The maximum Gasteiger partial charge on any atom is 0.228 e. The number of nitrogens with zero attached hydrogens (tertiary/aromatic N) is 1. The van der Waals surface area contributed by atoms with Crippen LogP contribution in [0.15, 0.2) is 72.9 Å². The number of ether oxygens (including phenoxy) is 1. The summed E-state index contributed by atoms with van der Waals surface area (Å²) < 4.78 is 9.42. The molecule has 206 valence electrons. The molecule has 0 radical (unpaired) electrons. The number of hydrogen-bond acceptors (Lipinski definition) is 1. The first kappa shape index (κ1) is 26.0. The topological polar surface area (TPSA) is 13.1 Å². The van der Waals surface area contributed by atoms with E-state index in [0.717, 1.165) is 24.3 Å². The lowest BCUT2D eigenvalue weighted by Gasteiger charge is -2.28. The molecule has 41 heavy (non-hydrogen) atoms. The molecule has 0 saturated carbocycles. The fourth-order valence-corrected chi connectivity index (χ4v) is 7.13. The second kappa shape index (κ2) is 8.79. The molecule has 0 aliphatic carbocycles. The molecule has 7 rings (SSSR count). The average Bonchev–Trinajstić information content (AvgIpc) is 2.90. The number of pyridine rings is 1. The number of aromatic nitrogens is 1. The van der Waals surface area contributed by atoms with Crippen molar-refractivity contribution in [3.8, 4) is 22.8 Å². The predicted molar refractivity (Wildman–Crippen MR) is 174 cm³/mol. The Hall–Kier alpha value is -3.91. The van der Waals surface area contributed by atoms with Crippen LogP contribution in [0.4, 0.5) is 0 Å². The maximum atomic E-state index is 7.12. The zero-order chi connectivity index (χ0) is 28.8. The van der Waals surface area contributed by atoms with Gasteiger partial charge in [0.2, 0.25) is 5.69 Å². The van der Waals surface area contributed by atoms with Crippen molar-refractivity contribution in [2.24, 2.45) is 17.9 Å². The smallest absolute Gasteiger partial charge is 0.228 e. The molecule has 1 aromatic heterocycles. The lowest BCUT2D eigenvalue weighted by atomic mass is 9.80. The molecule has 0 N–H and O–H groups in total. The van der Waals surface area contributed by atoms with Crippen LogP contribution in [0.1, 0.15) is 58.2 Å². The van der Waals surface area contributed by atoms with Gasteiger partial charge in [0.25, 0.3) is 0 Å². The van der Waals surface area contributed by atoms with Crippen LogP contribution in [0, 0.1) is 17.8 Å². The molecular weight excluding hydrogens is 498 g/mol. The van der Waals surface area contributed by atoms with Crippen molar-refractivity contribution in [1.29, 1.82) is 0 Å². The van der Waals surface area contributed by atoms with E-state index in [-0.39, 0.29) is 10.8 Å². The molecule has 2 nitrogen and oxygen atoms in total. The van der Waals surface area contributed by atoms with Crippen molar-refractivity contribution < 1.29 is 9.30 Å². The van der Waals surface area contributed by atoms with Gasteiger partial charge in [-0.1, -0.05) is 96.1 Å². The highest BCUT2D eigenvalue weighted by Gasteiger charge is 2.34. The monoisotopic (exact) mass is 538 g/mol. The standard InChI is InChI=1S/C39H40NO/c1-23-33-28-12-10-9-11-25(28)14-16-29(33)31(22-39(5,6)7)37-34(23)36-35-30(17-18-40(36)8)27-15-13-24(21-38(2,3)4)19-26(27)20-32(35)41-37/h9-20H,21-22H2,1-8H3/q+1. The summed E-state index contributed by atoms with van der Waals surface area (Å²) in [5.41, 5.74) is 6.79. The summed E-state index contributed by atoms with van der Waals surface area (Å²) in [4.78, 5) is 0. The summed E-state index contributed by atoms with van der Waals surface area (Å²) in [6.45, 7) is 16.2. The van der Waals surface area contributed by atoms with Crippen molar-refractivity contribution in [2.45, 2.75) is 61.3 Å².